The van der Waals surface area contributed by atoms with E-state index in [2.05, 4.69) is 15.5 Å². The van der Waals surface area contributed by atoms with E-state index in [1.165, 1.54) is 0 Å². The number of amidine groups is 1. The lowest BCUT2D eigenvalue weighted by molar-refractivity contribution is 0.0937. The highest BCUT2D eigenvalue weighted by molar-refractivity contribution is 5.94. The Morgan fingerprint density at radius 2 is 2.24 bits per heavy atom. The van der Waals surface area contributed by atoms with Crippen LogP contribution in [-0.2, 0) is 0 Å². The zero-order valence-electron chi connectivity index (χ0n) is 9.63. The fourth-order valence-corrected chi connectivity index (χ4v) is 1.36. The van der Waals surface area contributed by atoms with E-state index in [-0.39, 0.29) is 17.8 Å². The number of carbonyl (C=O) groups is 1. The van der Waals surface area contributed by atoms with E-state index in [1.54, 1.807) is 24.5 Å². The molecule has 0 radical (unpaired) electrons. The summed E-state index contributed by atoms with van der Waals surface area (Å²) in [6.45, 7) is 1.92. The van der Waals surface area contributed by atoms with Crippen LogP contribution in [0.5, 0.6) is 0 Å². The van der Waals surface area contributed by atoms with Gasteiger partial charge in [-0.2, -0.15) is 0 Å². The van der Waals surface area contributed by atoms with Crippen molar-refractivity contribution < 1.29 is 10.0 Å². The summed E-state index contributed by atoms with van der Waals surface area (Å²) in [6, 6.07) is 3.11. The van der Waals surface area contributed by atoms with Crippen LogP contribution in [0.1, 0.15) is 30.1 Å². The van der Waals surface area contributed by atoms with E-state index in [0.717, 1.165) is 0 Å². The third-order valence-electron chi connectivity index (χ3n) is 2.35. The maximum absolute atomic E-state index is 11.8. The van der Waals surface area contributed by atoms with Crippen molar-refractivity contribution in [1.82, 2.24) is 10.3 Å². The zero-order chi connectivity index (χ0) is 12.7. The SMILES string of the molecule is CCC(CC(N)=NO)NC(=O)c1ccncc1. The van der Waals surface area contributed by atoms with Crippen LogP contribution in [0.15, 0.2) is 29.7 Å². The maximum atomic E-state index is 11.8. The third-order valence-corrected chi connectivity index (χ3v) is 2.35. The van der Waals surface area contributed by atoms with Gasteiger partial charge < -0.3 is 16.3 Å². The van der Waals surface area contributed by atoms with Gasteiger partial charge in [0.15, 0.2) is 0 Å². The van der Waals surface area contributed by atoms with Crippen LogP contribution in [0, 0.1) is 0 Å². The molecule has 0 aromatic carbocycles. The summed E-state index contributed by atoms with van der Waals surface area (Å²) in [6.07, 6.45) is 4.13. The molecule has 0 aliphatic carbocycles. The molecule has 0 aliphatic heterocycles. The van der Waals surface area contributed by atoms with E-state index in [1.807, 2.05) is 6.92 Å². The minimum atomic E-state index is -0.190. The molecule has 6 heteroatoms. The normalized spacial score (nSPS) is 13.1. The molecule has 1 heterocycles. The van der Waals surface area contributed by atoms with Crippen LogP contribution in [0.4, 0.5) is 0 Å². The molecule has 1 unspecified atom stereocenters. The van der Waals surface area contributed by atoms with Crippen LogP contribution in [-0.4, -0.2) is 28.0 Å². The van der Waals surface area contributed by atoms with Gasteiger partial charge in [-0.05, 0) is 18.6 Å². The molecule has 0 aliphatic rings. The predicted octanol–water partition coefficient (Wildman–Crippen LogP) is 0.726. The number of pyridine rings is 1. The van der Waals surface area contributed by atoms with Crippen LogP contribution < -0.4 is 11.1 Å². The largest absolute Gasteiger partial charge is 0.409 e. The maximum Gasteiger partial charge on any atom is 0.251 e. The molecular formula is C11H16N4O2. The van der Waals surface area contributed by atoms with Gasteiger partial charge in [0.25, 0.3) is 5.91 Å². The van der Waals surface area contributed by atoms with Gasteiger partial charge in [-0.1, -0.05) is 12.1 Å². The molecule has 0 bridgehead atoms. The van der Waals surface area contributed by atoms with Gasteiger partial charge in [0, 0.05) is 30.4 Å². The number of nitrogens with zero attached hydrogens (tertiary/aromatic N) is 2. The molecule has 1 atom stereocenters. The number of oxime groups is 1. The molecular weight excluding hydrogens is 220 g/mol. The number of aromatic nitrogens is 1. The molecule has 17 heavy (non-hydrogen) atoms. The van der Waals surface area contributed by atoms with Crippen molar-refractivity contribution >= 4 is 11.7 Å². The van der Waals surface area contributed by atoms with Crippen molar-refractivity contribution in [3.8, 4) is 0 Å². The Hall–Kier alpha value is -2.11. The Morgan fingerprint density at radius 3 is 2.76 bits per heavy atom. The Bertz CT molecular complexity index is 392. The van der Waals surface area contributed by atoms with Crippen molar-refractivity contribution in [2.24, 2.45) is 10.9 Å². The number of hydrogen-bond acceptors (Lipinski definition) is 4. The first-order valence-corrected chi connectivity index (χ1v) is 5.34. The quantitative estimate of drug-likeness (QED) is 0.303. The van der Waals surface area contributed by atoms with Crippen LogP contribution in [0.2, 0.25) is 0 Å². The molecule has 4 N–H and O–H groups in total. The van der Waals surface area contributed by atoms with Crippen molar-refractivity contribution in [3.63, 3.8) is 0 Å². The zero-order valence-corrected chi connectivity index (χ0v) is 9.63. The van der Waals surface area contributed by atoms with Gasteiger partial charge in [0.2, 0.25) is 0 Å². The van der Waals surface area contributed by atoms with Gasteiger partial charge in [-0.25, -0.2) is 0 Å². The Morgan fingerprint density at radius 1 is 1.59 bits per heavy atom. The molecule has 92 valence electrons. The lowest BCUT2D eigenvalue weighted by Crippen LogP contribution is -2.37. The summed E-state index contributed by atoms with van der Waals surface area (Å²) in [5.41, 5.74) is 5.94. The molecule has 6 nitrogen and oxygen atoms in total. The molecule has 1 rings (SSSR count). The average Bonchev–Trinajstić information content (AvgIpc) is 2.38. The van der Waals surface area contributed by atoms with Crippen LogP contribution in [0.25, 0.3) is 0 Å². The summed E-state index contributed by atoms with van der Waals surface area (Å²) in [4.78, 5) is 15.6. The fourth-order valence-electron chi connectivity index (χ4n) is 1.36. The van der Waals surface area contributed by atoms with Crippen molar-refractivity contribution in [2.75, 3.05) is 0 Å². The summed E-state index contributed by atoms with van der Waals surface area (Å²) >= 11 is 0. The summed E-state index contributed by atoms with van der Waals surface area (Å²) in [7, 11) is 0. The minimum Gasteiger partial charge on any atom is -0.409 e. The van der Waals surface area contributed by atoms with Crippen LogP contribution >= 0.6 is 0 Å². The van der Waals surface area contributed by atoms with Gasteiger partial charge in [-0.3, -0.25) is 9.78 Å². The monoisotopic (exact) mass is 236 g/mol. The Kier molecular flexibility index (Phi) is 4.93. The average molecular weight is 236 g/mol. The Labute approximate surface area is 99.5 Å². The van der Waals surface area contributed by atoms with Gasteiger partial charge in [0.05, 0.1) is 0 Å². The Balaban J connectivity index is 2.60. The number of carbonyl (C=O) groups excluding carboxylic acids is 1. The molecule has 1 aromatic rings. The van der Waals surface area contributed by atoms with E-state index < -0.39 is 0 Å². The van der Waals surface area contributed by atoms with Gasteiger partial charge in [-0.15, -0.1) is 0 Å². The molecule has 0 saturated heterocycles. The van der Waals surface area contributed by atoms with E-state index in [9.17, 15) is 4.79 Å². The van der Waals surface area contributed by atoms with Crippen molar-refractivity contribution in [1.29, 1.82) is 0 Å². The fraction of sp³-hybridized carbons (Fsp3) is 0.364. The van der Waals surface area contributed by atoms with Crippen molar-refractivity contribution in [2.45, 2.75) is 25.8 Å². The van der Waals surface area contributed by atoms with Gasteiger partial charge in [0.1, 0.15) is 5.84 Å². The number of nitrogens with two attached hydrogens (primary N) is 1. The molecule has 1 aromatic heterocycles. The topological polar surface area (TPSA) is 101 Å². The van der Waals surface area contributed by atoms with E-state index in [4.69, 9.17) is 10.9 Å². The first kappa shape index (κ1) is 13.0. The number of hydrogen-bond donors (Lipinski definition) is 3. The predicted molar refractivity (Wildman–Crippen MR) is 63.8 cm³/mol. The highest BCUT2D eigenvalue weighted by Crippen LogP contribution is 2.02. The van der Waals surface area contributed by atoms with Gasteiger partial charge >= 0.3 is 0 Å². The summed E-state index contributed by atoms with van der Waals surface area (Å²) in [5, 5.41) is 14.2. The molecule has 0 saturated carbocycles. The highest BCUT2D eigenvalue weighted by atomic mass is 16.4. The van der Waals surface area contributed by atoms with E-state index >= 15 is 0 Å². The first-order valence-electron chi connectivity index (χ1n) is 5.34. The van der Waals surface area contributed by atoms with Crippen LogP contribution in [0.3, 0.4) is 0 Å². The molecule has 0 spiro atoms. The third kappa shape index (κ3) is 4.10. The molecule has 1 amide bonds. The van der Waals surface area contributed by atoms with E-state index in [0.29, 0.717) is 18.4 Å². The summed E-state index contributed by atoms with van der Waals surface area (Å²) < 4.78 is 0. The number of nitrogens with one attached hydrogen (secondary N) is 1. The van der Waals surface area contributed by atoms with Crippen molar-refractivity contribution in [3.05, 3.63) is 30.1 Å². The lowest BCUT2D eigenvalue weighted by Gasteiger charge is -2.15. The second-order valence-corrected chi connectivity index (χ2v) is 3.61. The second-order valence-electron chi connectivity index (χ2n) is 3.61. The second kappa shape index (κ2) is 6.47. The minimum absolute atomic E-state index is 0.104. The standard InChI is InChI=1S/C11H16N4O2/c1-2-9(7-10(12)15-17)14-11(16)8-3-5-13-6-4-8/h3-6,9,17H,2,7H2,1H3,(H2,12,15)(H,14,16). The smallest absolute Gasteiger partial charge is 0.251 e. The first-order chi connectivity index (χ1) is 8.17. The highest BCUT2D eigenvalue weighted by Gasteiger charge is 2.13. The number of amides is 1. The number of rotatable bonds is 5. The molecule has 0 fully saturated rings. The summed E-state index contributed by atoms with van der Waals surface area (Å²) in [5.74, 6) is -0.0862. The lowest BCUT2D eigenvalue weighted by atomic mass is 10.1.